The SMILES string of the molecule is CNC(=O)C(CC(C)C)NC(=O)c1cccc(F)c1Br. The van der Waals surface area contributed by atoms with Gasteiger partial charge in [0, 0.05) is 7.05 Å². The van der Waals surface area contributed by atoms with E-state index in [9.17, 15) is 14.0 Å². The van der Waals surface area contributed by atoms with Crippen molar-refractivity contribution in [2.24, 2.45) is 5.92 Å². The summed E-state index contributed by atoms with van der Waals surface area (Å²) in [6.07, 6.45) is 0.512. The lowest BCUT2D eigenvalue weighted by molar-refractivity contribution is -0.122. The second-order valence-corrected chi connectivity index (χ2v) is 5.66. The monoisotopic (exact) mass is 344 g/mol. The van der Waals surface area contributed by atoms with Crippen molar-refractivity contribution in [1.29, 1.82) is 0 Å². The van der Waals surface area contributed by atoms with Crippen LogP contribution >= 0.6 is 15.9 Å². The fourth-order valence-electron chi connectivity index (χ4n) is 1.79. The lowest BCUT2D eigenvalue weighted by Gasteiger charge is -2.19. The quantitative estimate of drug-likeness (QED) is 0.861. The second kappa shape index (κ2) is 7.38. The van der Waals surface area contributed by atoms with E-state index in [4.69, 9.17) is 0 Å². The zero-order chi connectivity index (χ0) is 15.3. The van der Waals surface area contributed by atoms with E-state index in [1.807, 2.05) is 13.8 Å². The van der Waals surface area contributed by atoms with Crippen LogP contribution in [0.1, 0.15) is 30.6 Å². The first kappa shape index (κ1) is 16.6. The number of carbonyl (C=O) groups excluding carboxylic acids is 2. The lowest BCUT2D eigenvalue weighted by Crippen LogP contribution is -2.46. The normalized spacial score (nSPS) is 12.1. The Morgan fingerprint density at radius 1 is 1.35 bits per heavy atom. The third-order valence-corrected chi connectivity index (χ3v) is 3.58. The summed E-state index contributed by atoms with van der Waals surface area (Å²) in [6.45, 7) is 3.92. The Morgan fingerprint density at radius 2 is 2.00 bits per heavy atom. The average Bonchev–Trinajstić information content (AvgIpc) is 2.39. The van der Waals surface area contributed by atoms with Crippen molar-refractivity contribution in [2.75, 3.05) is 7.05 Å². The first-order valence-electron chi connectivity index (χ1n) is 6.33. The van der Waals surface area contributed by atoms with Crippen molar-refractivity contribution in [3.8, 4) is 0 Å². The van der Waals surface area contributed by atoms with E-state index in [1.165, 1.54) is 25.2 Å². The molecule has 110 valence electrons. The predicted octanol–water partition coefficient (Wildman–Crippen LogP) is 2.48. The number of hydrogen-bond acceptors (Lipinski definition) is 2. The predicted molar refractivity (Wildman–Crippen MR) is 78.9 cm³/mol. The van der Waals surface area contributed by atoms with Crippen molar-refractivity contribution < 1.29 is 14.0 Å². The van der Waals surface area contributed by atoms with Gasteiger partial charge < -0.3 is 10.6 Å². The maximum atomic E-state index is 13.4. The van der Waals surface area contributed by atoms with E-state index in [1.54, 1.807) is 0 Å². The zero-order valence-corrected chi connectivity index (χ0v) is 13.3. The van der Waals surface area contributed by atoms with Gasteiger partial charge in [0.2, 0.25) is 5.91 Å². The molecular weight excluding hydrogens is 327 g/mol. The summed E-state index contributed by atoms with van der Waals surface area (Å²) in [7, 11) is 1.51. The summed E-state index contributed by atoms with van der Waals surface area (Å²) in [5, 5.41) is 5.15. The third kappa shape index (κ3) is 4.30. The fourth-order valence-corrected chi connectivity index (χ4v) is 2.24. The minimum atomic E-state index is -0.636. The molecule has 0 aliphatic rings. The van der Waals surface area contributed by atoms with Crippen LogP contribution < -0.4 is 10.6 Å². The molecule has 0 aliphatic heterocycles. The van der Waals surface area contributed by atoms with Gasteiger partial charge in [0.05, 0.1) is 10.0 Å². The molecule has 1 aromatic carbocycles. The summed E-state index contributed by atoms with van der Waals surface area (Å²) in [6, 6.07) is 3.57. The second-order valence-electron chi connectivity index (χ2n) is 4.87. The van der Waals surface area contributed by atoms with Crippen LogP contribution in [0, 0.1) is 11.7 Å². The summed E-state index contributed by atoms with van der Waals surface area (Å²) >= 11 is 3.04. The molecule has 0 heterocycles. The molecule has 0 aromatic heterocycles. The van der Waals surface area contributed by atoms with Crippen LogP contribution in [0.2, 0.25) is 0 Å². The minimum Gasteiger partial charge on any atom is -0.357 e. The fraction of sp³-hybridized carbons (Fsp3) is 0.429. The maximum Gasteiger partial charge on any atom is 0.253 e. The Balaban J connectivity index is 2.90. The Labute approximate surface area is 126 Å². The number of benzene rings is 1. The molecule has 2 N–H and O–H groups in total. The molecule has 1 atom stereocenters. The minimum absolute atomic E-state index is 0.0951. The van der Waals surface area contributed by atoms with Crippen LogP contribution in [0.15, 0.2) is 22.7 Å². The molecule has 4 nitrogen and oxygen atoms in total. The summed E-state index contributed by atoms with van der Waals surface area (Å²) in [5.41, 5.74) is 0.169. The Morgan fingerprint density at radius 3 is 2.55 bits per heavy atom. The van der Waals surface area contributed by atoms with Crippen LogP contribution in [0.5, 0.6) is 0 Å². The molecule has 1 unspecified atom stereocenters. The largest absolute Gasteiger partial charge is 0.357 e. The number of nitrogens with one attached hydrogen (secondary N) is 2. The first-order valence-corrected chi connectivity index (χ1v) is 7.12. The molecular formula is C14H18BrFN2O2. The molecule has 20 heavy (non-hydrogen) atoms. The van der Waals surface area contributed by atoms with Gasteiger partial charge in [-0.05, 0) is 40.4 Å². The van der Waals surface area contributed by atoms with Crippen LogP contribution in [-0.4, -0.2) is 24.9 Å². The highest BCUT2D eigenvalue weighted by Crippen LogP contribution is 2.20. The van der Waals surface area contributed by atoms with Gasteiger partial charge in [-0.2, -0.15) is 0 Å². The zero-order valence-electron chi connectivity index (χ0n) is 11.7. The van der Waals surface area contributed by atoms with E-state index in [0.717, 1.165) is 0 Å². The van der Waals surface area contributed by atoms with Crippen molar-refractivity contribution >= 4 is 27.7 Å². The molecule has 0 radical (unpaired) electrons. The van der Waals surface area contributed by atoms with Crippen molar-refractivity contribution in [2.45, 2.75) is 26.3 Å². The van der Waals surface area contributed by atoms with E-state index >= 15 is 0 Å². The van der Waals surface area contributed by atoms with Gasteiger partial charge in [-0.25, -0.2) is 4.39 Å². The molecule has 0 aliphatic carbocycles. The molecule has 0 saturated heterocycles. The third-order valence-electron chi connectivity index (χ3n) is 2.77. The number of carbonyl (C=O) groups is 2. The van der Waals surface area contributed by atoms with E-state index < -0.39 is 17.8 Å². The Bertz CT molecular complexity index is 506. The van der Waals surface area contributed by atoms with Crippen LogP contribution in [0.3, 0.4) is 0 Å². The maximum absolute atomic E-state index is 13.4. The van der Waals surface area contributed by atoms with Crippen LogP contribution in [0.4, 0.5) is 4.39 Å². The van der Waals surface area contributed by atoms with Gasteiger partial charge in [-0.1, -0.05) is 19.9 Å². The van der Waals surface area contributed by atoms with Gasteiger partial charge in [0.1, 0.15) is 11.9 Å². The standard InChI is InChI=1S/C14H18BrFN2O2/c1-8(2)7-11(14(20)17-3)18-13(19)9-5-4-6-10(16)12(9)15/h4-6,8,11H,7H2,1-3H3,(H,17,20)(H,18,19). The molecule has 6 heteroatoms. The smallest absolute Gasteiger partial charge is 0.253 e. The molecule has 2 amide bonds. The average molecular weight is 345 g/mol. The lowest BCUT2D eigenvalue weighted by atomic mass is 10.0. The molecule has 1 rings (SSSR count). The molecule has 1 aromatic rings. The van der Waals surface area contributed by atoms with Crippen molar-refractivity contribution in [3.63, 3.8) is 0 Å². The Hall–Kier alpha value is -1.43. The number of likely N-dealkylation sites (N-methyl/N-ethyl adjacent to an activating group) is 1. The highest BCUT2D eigenvalue weighted by atomic mass is 79.9. The highest BCUT2D eigenvalue weighted by molar-refractivity contribution is 9.10. The van der Waals surface area contributed by atoms with E-state index in [2.05, 4.69) is 26.6 Å². The summed E-state index contributed by atoms with van der Waals surface area (Å²) in [5.74, 6) is -1.02. The number of amides is 2. The van der Waals surface area contributed by atoms with Crippen molar-refractivity contribution in [1.82, 2.24) is 10.6 Å². The van der Waals surface area contributed by atoms with Crippen molar-refractivity contribution in [3.05, 3.63) is 34.1 Å². The summed E-state index contributed by atoms with van der Waals surface area (Å²) < 4.78 is 13.5. The van der Waals surface area contributed by atoms with Gasteiger partial charge in [-0.15, -0.1) is 0 Å². The molecule has 0 saturated carbocycles. The molecule has 0 bridgehead atoms. The van der Waals surface area contributed by atoms with Gasteiger partial charge >= 0.3 is 0 Å². The Kier molecular flexibility index (Phi) is 6.13. The number of hydrogen-bond donors (Lipinski definition) is 2. The van der Waals surface area contributed by atoms with Crippen LogP contribution in [-0.2, 0) is 4.79 Å². The van der Waals surface area contributed by atoms with Gasteiger partial charge in [0.15, 0.2) is 0 Å². The molecule has 0 spiro atoms. The number of halogens is 2. The highest BCUT2D eigenvalue weighted by Gasteiger charge is 2.23. The van der Waals surface area contributed by atoms with E-state index in [-0.39, 0.29) is 21.9 Å². The van der Waals surface area contributed by atoms with Gasteiger partial charge in [-0.3, -0.25) is 9.59 Å². The molecule has 0 fully saturated rings. The first-order chi connectivity index (χ1) is 9.36. The summed E-state index contributed by atoms with van der Waals surface area (Å²) in [4.78, 5) is 23.9. The van der Waals surface area contributed by atoms with E-state index in [0.29, 0.717) is 6.42 Å². The van der Waals surface area contributed by atoms with Gasteiger partial charge in [0.25, 0.3) is 5.91 Å². The topological polar surface area (TPSA) is 58.2 Å². The number of rotatable bonds is 5. The van der Waals surface area contributed by atoms with Crippen LogP contribution in [0.25, 0.3) is 0 Å².